The number of aryl methyl sites for hydroxylation is 1. The van der Waals surface area contributed by atoms with Gasteiger partial charge in [0.15, 0.2) is 5.17 Å². The van der Waals surface area contributed by atoms with Crippen molar-refractivity contribution in [2.24, 2.45) is 4.99 Å². The van der Waals surface area contributed by atoms with Crippen molar-refractivity contribution >= 4 is 51.7 Å². The summed E-state index contributed by atoms with van der Waals surface area (Å²) in [6.07, 6.45) is 0.0502. The molecular weight excluding hydrogens is 358 g/mol. The molecule has 7 heteroatoms. The summed E-state index contributed by atoms with van der Waals surface area (Å²) in [5.41, 5.74) is 2.43. The molecule has 0 saturated carbocycles. The van der Waals surface area contributed by atoms with Gasteiger partial charge in [0, 0.05) is 6.42 Å². The maximum absolute atomic E-state index is 12.2. The molecular formula is C18H16ClN3O2S. The zero-order valence-corrected chi connectivity index (χ0v) is 15.0. The van der Waals surface area contributed by atoms with Crippen LogP contribution in [0.5, 0.6) is 0 Å². The predicted octanol–water partition coefficient (Wildman–Crippen LogP) is 3.90. The van der Waals surface area contributed by atoms with Gasteiger partial charge in [-0.3, -0.25) is 9.59 Å². The Balaban J connectivity index is 1.62. The van der Waals surface area contributed by atoms with Crippen LogP contribution in [0.15, 0.2) is 53.5 Å². The van der Waals surface area contributed by atoms with Crippen molar-refractivity contribution in [1.82, 2.24) is 5.32 Å². The van der Waals surface area contributed by atoms with Crippen LogP contribution in [0, 0.1) is 6.92 Å². The molecule has 0 spiro atoms. The lowest BCUT2D eigenvalue weighted by molar-refractivity contribution is -0.122. The molecule has 0 bridgehead atoms. The van der Waals surface area contributed by atoms with Gasteiger partial charge in [0.1, 0.15) is 5.25 Å². The molecule has 2 N–H and O–H groups in total. The number of nitrogens with zero attached hydrogens (tertiary/aromatic N) is 1. The van der Waals surface area contributed by atoms with E-state index >= 15 is 0 Å². The lowest BCUT2D eigenvalue weighted by Crippen LogP contribution is -2.28. The number of anilines is 1. The number of hydrogen-bond acceptors (Lipinski definition) is 4. The maximum Gasteiger partial charge on any atom is 0.240 e. The van der Waals surface area contributed by atoms with E-state index in [4.69, 9.17) is 11.6 Å². The average molecular weight is 374 g/mol. The summed E-state index contributed by atoms with van der Waals surface area (Å²) in [7, 11) is 0. The van der Waals surface area contributed by atoms with Gasteiger partial charge in [-0.05, 0) is 31.2 Å². The van der Waals surface area contributed by atoms with E-state index in [9.17, 15) is 9.59 Å². The van der Waals surface area contributed by atoms with E-state index in [-0.39, 0.29) is 18.2 Å². The molecule has 1 heterocycles. The third-order valence-corrected chi connectivity index (χ3v) is 4.97. The number of para-hydroxylation sites is 1. The molecule has 0 unspecified atom stereocenters. The first-order chi connectivity index (χ1) is 12.0. The van der Waals surface area contributed by atoms with E-state index in [1.54, 1.807) is 24.3 Å². The second kappa shape index (κ2) is 7.72. The Morgan fingerprint density at radius 2 is 1.96 bits per heavy atom. The predicted molar refractivity (Wildman–Crippen MR) is 102 cm³/mol. The average Bonchev–Trinajstić information content (AvgIpc) is 2.91. The lowest BCUT2D eigenvalue weighted by Gasteiger charge is -2.08. The minimum absolute atomic E-state index is 0.0502. The van der Waals surface area contributed by atoms with Crippen LogP contribution in [0.1, 0.15) is 12.0 Å². The molecule has 1 fully saturated rings. The molecule has 1 atom stereocenters. The van der Waals surface area contributed by atoms with Gasteiger partial charge in [0.05, 0.1) is 16.4 Å². The van der Waals surface area contributed by atoms with Crippen LogP contribution >= 0.6 is 23.4 Å². The first-order valence-corrected chi connectivity index (χ1v) is 8.94. The lowest BCUT2D eigenvalue weighted by atomic mass is 10.2. The number of nitrogens with one attached hydrogen (secondary N) is 2. The highest BCUT2D eigenvalue weighted by atomic mass is 35.5. The zero-order chi connectivity index (χ0) is 17.8. The van der Waals surface area contributed by atoms with Crippen LogP contribution in [0.3, 0.4) is 0 Å². The maximum atomic E-state index is 12.2. The number of hydrogen-bond donors (Lipinski definition) is 2. The number of aliphatic imine (C=N–C) groups is 1. The number of carbonyl (C=O) groups is 2. The fourth-order valence-corrected chi connectivity index (χ4v) is 3.43. The largest absolute Gasteiger partial charge is 0.325 e. The van der Waals surface area contributed by atoms with Gasteiger partial charge in [-0.1, -0.05) is 53.2 Å². The Morgan fingerprint density at radius 3 is 2.68 bits per heavy atom. The Morgan fingerprint density at radius 1 is 1.24 bits per heavy atom. The van der Waals surface area contributed by atoms with Gasteiger partial charge < -0.3 is 10.6 Å². The van der Waals surface area contributed by atoms with Crippen molar-refractivity contribution in [2.75, 3.05) is 5.32 Å². The van der Waals surface area contributed by atoms with E-state index < -0.39 is 5.25 Å². The standard InChI is InChI=1S/C18H16ClN3O2S/c1-11-6-8-12(9-7-11)20-18-22-17(24)15(25-18)10-16(23)21-14-5-3-2-4-13(14)19/h2-9,15H,10H2,1H3,(H,21,23)(H,20,22,24)/t15-/m0/s1. The van der Waals surface area contributed by atoms with Crippen molar-refractivity contribution < 1.29 is 9.59 Å². The summed E-state index contributed by atoms with van der Waals surface area (Å²) < 4.78 is 0. The summed E-state index contributed by atoms with van der Waals surface area (Å²) in [5.74, 6) is -0.484. The molecule has 1 saturated heterocycles. The summed E-state index contributed by atoms with van der Waals surface area (Å²) in [6, 6.07) is 14.6. The van der Waals surface area contributed by atoms with E-state index in [1.165, 1.54) is 11.8 Å². The van der Waals surface area contributed by atoms with Crippen LogP contribution in [0.2, 0.25) is 5.02 Å². The highest BCUT2D eigenvalue weighted by Gasteiger charge is 2.32. The van der Waals surface area contributed by atoms with E-state index in [0.29, 0.717) is 15.9 Å². The van der Waals surface area contributed by atoms with Crippen molar-refractivity contribution in [3.63, 3.8) is 0 Å². The quantitative estimate of drug-likeness (QED) is 0.853. The number of thioether (sulfide) groups is 1. The number of benzene rings is 2. The SMILES string of the molecule is Cc1ccc(N=C2NC(=O)[C@H](CC(=O)Nc3ccccc3Cl)S2)cc1. The van der Waals surface area contributed by atoms with Crippen LogP contribution in [0.4, 0.5) is 11.4 Å². The molecule has 0 radical (unpaired) electrons. The Labute approximate surface area is 154 Å². The first-order valence-electron chi connectivity index (χ1n) is 7.68. The normalized spacial score (nSPS) is 18.2. The number of halogens is 1. The molecule has 25 heavy (non-hydrogen) atoms. The van der Waals surface area contributed by atoms with Gasteiger partial charge in [0.25, 0.3) is 0 Å². The number of carbonyl (C=O) groups excluding carboxylic acids is 2. The van der Waals surface area contributed by atoms with Gasteiger partial charge in [-0.25, -0.2) is 4.99 Å². The molecule has 5 nitrogen and oxygen atoms in total. The molecule has 2 amide bonds. The molecule has 2 aromatic carbocycles. The van der Waals surface area contributed by atoms with Gasteiger partial charge in [-0.2, -0.15) is 0 Å². The van der Waals surface area contributed by atoms with Crippen molar-refractivity contribution in [3.05, 3.63) is 59.1 Å². The van der Waals surface area contributed by atoms with Gasteiger partial charge >= 0.3 is 0 Å². The monoisotopic (exact) mass is 373 g/mol. The first kappa shape index (κ1) is 17.5. The number of amides is 2. The van der Waals surface area contributed by atoms with Crippen LogP contribution in [0.25, 0.3) is 0 Å². The molecule has 3 rings (SSSR count). The van der Waals surface area contributed by atoms with Gasteiger partial charge in [-0.15, -0.1) is 0 Å². The fraction of sp³-hybridized carbons (Fsp3) is 0.167. The highest BCUT2D eigenvalue weighted by molar-refractivity contribution is 8.15. The molecule has 128 valence electrons. The topological polar surface area (TPSA) is 70.6 Å². The zero-order valence-electron chi connectivity index (χ0n) is 13.5. The minimum Gasteiger partial charge on any atom is -0.325 e. The Bertz CT molecular complexity index is 836. The third kappa shape index (κ3) is 4.61. The number of amidine groups is 1. The van der Waals surface area contributed by atoms with Crippen LogP contribution in [-0.2, 0) is 9.59 Å². The van der Waals surface area contributed by atoms with Crippen molar-refractivity contribution in [1.29, 1.82) is 0 Å². The van der Waals surface area contributed by atoms with Crippen LogP contribution in [-0.4, -0.2) is 22.2 Å². The summed E-state index contributed by atoms with van der Waals surface area (Å²) >= 11 is 7.28. The molecule has 1 aliphatic rings. The van der Waals surface area contributed by atoms with E-state index in [0.717, 1.165) is 11.3 Å². The number of rotatable bonds is 4. The summed E-state index contributed by atoms with van der Waals surface area (Å²) in [4.78, 5) is 28.6. The molecule has 0 aromatic heterocycles. The summed E-state index contributed by atoms with van der Waals surface area (Å²) in [6.45, 7) is 2.00. The third-order valence-electron chi connectivity index (χ3n) is 3.56. The van der Waals surface area contributed by atoms with Crippen molar-refractivity contribution in [2.45, 2.75) is 18.6 Å². The molecule has 1 aliphatic heterocycles. The molecule has 0 aliphatic carbocycles. The fourth-order valence-electron chi connectivity index (χ4n) is 2.26. The molecule has 2 aromatic rings. The second-order valence-corrected chi connectivity index (χ2v) is 7.18. The van der Waals surface area contributed by atoms with Gasteiger partial charge in [0.2, 0.25) is 11.8 Å². The minimum atomic E-state index is -0.508. The second-order valence-electron chi connectivity index (χ2n) is 5.58. The van der Waals surface area contributed by atoms with Crippen molar-refractivity contribution in [3.8, 4) is 0 Å². The smallest absolute Gasteiger partial charge is 0.240 e. The summed E-state index contributed by atoms with van der Waals surface area (Å²) in [5, 5.41) is 5.90. The van der Waals surface area contributed by atoms with E-state index in [1.807, 2.05) is 31.2 Å². The Kier molecular flexibility index (Phi) is 5.40. The van der Waals surface area contributed by atoms with Crippen LogP contribution < -0.4 is 10.6 Å². The Hall–Kier alpha value is -2.31. The highest BCUT2D eigenvalue weighted by Crippen LogP contribution is 2.26. The van der Waals surface area contributed by atoms with E-state index in [2.05, 4.69) is 15.6 Å².